The molecule has 0 amide bonds. The second kappa shape index (κ2) is 6.99. The first-order valence-corrected chi connectivity index (χ1v) is 7.24. The maximum absolute atomic E-state index is 5.76. The Morgan fingerprint density at radius 2 is 2.11 bits per heavy atom. The Balaban J connectivity index is 1.80. The van der Waals surface area contributed by atoms with Gasteiger partial charge in [-0.25, -0.2) is 0 Å². The number of nitrogens with one attached hydrogen (secondary N) is 1. The van der Waals surface area contributed by atoms with Gasteiger partial charge in [0.15, 0.2) is 16.6 Å². The Hall–Kier alpha value is -1.75. The zero-order chi connectivity index (χ0) is 13.5. The average Bonchev–Trinajstić information content (AvgIpc) is 2.78. The normalized spacial score (nSPS) is 10.4. The van der Waals surface area contributed by atoms with Crippen LogP contribution in [-0.4, -0.2) is 17.5 Å². The van der Waals surface area contributed by atoms with Crippen molar-refractivity contribution >= 4 is 22.4 Å². The fourth-order valence-electron chi connectivity index (χ4n) is 1.83. The Kier molecular flexibility index (Phi) is 5.03. The molecule has 0 aliphatic rings. The molecule has 102 valence electrons. The molecule has 2 rings (SSSR count). The smallest absolute Gasteiger partial charge is 0.197 e. The molecule has 0 radical (unpaired) electrons. The van der Waals surface area contributed by atoms with E-state index in [1.807, 2.05) is 13.0 Å². The van der Waals surface area contributed by atoms with Gasteiger partial charge < -0.3 is 15.8 Å². The summed E-state index contributed by atoms with van der Waals surface area (Å²) in [4.78, 5) is 0. The van der Waals surface area contributed by atoms with Crippen LogP contribution in [0.25, 0.3) is 0 Å². The third kappa shape index (κ3) is 3.86. The minimum atomic E-state index is 0.470. The third-order valence-corrected chi connectivity index (χ3v) is 3.53. The number of nitrogens with two attached hydrogens (primary N) is 1. The Morgan fingerprint density at radius 1 is 1.32 bits per heavy atom. The van der Waals surface area contributed by atoms with Gasteiger partial charge >= 0.3 is 0 Å². The van der Waals surface area contributed by atoms with Crippen LogP contribution in [0.3, 0.4) is 0 Å². The van der Waals surface area contributed by atoms with Gasteiger partial charge in [-0.2, -0.15) is 4.37 Å². The van der Waals surface area contributed by atoms with Gasteiger partial charge in [0.05, 0.1) is 6.61 Å². The topological polar surface area (TPSA) is 60.2 Å². The van der Waals surface area contributed by atoms with Gasteiger partial charge in [-0.15, -0.1) is 0 Å². The van der Waals surface area contributed by atoms with Crippen molar-refractivity contribution in [3.63, 3.8) is 0 Å². The number of rotatable bonds is 7. The summed E-state index contributed by atoms with van der Waals surface area (Å²) in [5, 5.41) is 4.26. The van der Waals surface area contributed by atoms with Crippen LogP contribution in [0.2, 0.25) is 0 Å². The van der Waals surface area contributed by atoms with Crippen LogP contribution in [0, 0.1) is 0 Å². The van der Waals surface area contributed by atoms with E-state index < -0.39 is 0 Å². The van der Waals surface area contributed by atoms with Gasteiger partial charge in [0, 0.05) is 6.54 Å². The molecule has 1 heterocycles. The first-order valence-electron chi connectivity index (χ1n) is 6.47. The van der Waals surface area contributed by atoms with Crippen LogP contribution in [0.15, 0.2) is 30.3 Å². The molecular formula is C14H19N3OS. The number of anilines is 2. The van der Waals surface area contributed by atoms with E-state index in [-0.39, 0.29) is 0 Å². The number of nitrogen functional groups attached to an aromatic ring is 1. The molecule has 3 N–H and O–H groups in total. The van der Waals surface area contributed by atoms with E-state index in [0.29, 0.717) is 18.2 Å². The van der Waals surface area contributed by atoms with Crippen molar-refractivity contribution in [1.29, 1.82) is 0 Å². The predicted molar refractivity (Wildman–Crippen MR) is 80.9 cm³/mol. The highest BCUT2D eigenvalue weighted by Crippen LogP contribution is 2.34. The maximum Gasteiger partial charge on any atom is 0.197 e. The number of ether oxygens (including phenoxy) is 1. The molecule has 0 bridgehead atoms. The van der Waals surface area contributed by atoms with Gasteiger partial charge in [-0.1, -0.05) is 30.3 Å². The minimum Gasteiger partial charge on any atom is -0.487 e. The van der Waals surface area contributed by atoms with E-state index in [4.69, 9.17) is 10.5 Å². The number of nitrogens with zero attached hydrogens (tertiary/aromatic N) is 1. The summed E-state index contributed by atoms with van der Waals surface area (Å²) in [6.07, 6.45) is 2.12. The second-order valence-corrected chi connectivity index (χ2v) is 4.95. The molecule has 1 aromatic heterocycles. The summed E-state index contributed by atoms with van der Waals surface area (Å²) in [5.74, 6) is 1.16. The summed E-state index contributed by atoms with van der Waals surface area (Å²) in [6.45, 7) is 3.42. The van der Waals surface area contributed by atoms with Crippen molar-refractivity contribution in [2.75, 3.05) is 24.2 Å². The predicted octanol–water partition coefficient (Wildman–Crippen LogP) is 3.17. The van der Waals surface area contributed by atoms with Crippen LogP contribution in [0.5, 0.6) is 5.75 Å². The van der Waals surface area contributed by atoms with Crippen molar-refractivity contribution < 1.29 is 4.74 Å². The highest BCUT2D eigenvalue weighted by atomic mass is 32.1. The summed E-state index contributed by atoms with van der Waals surface area (Å²) in [6, 6.07) is 10.5. The van der Waals surface area contributed by atoms with Gasteiger partial charge in [-0.05, 0) is 36.9 Å². The largest absolute Gasteiger partial charge is 0.487 e. The monoisotopic (exact) mass is 277 g/mol. The SMILES string of the molecule is CCOc1c(N)nsc1NCCCc1ccccc1. The Morgan fingerprint density at radius 3 is 2.84 bits per heavy atom. The Bertz CT molecular complexity index is 499. The molecule has 0 saturated heterocycles. The van der Waals surface area contributed by atoms with E-state index in [2.05, 4.69) is 34.0 Å². The molecule has 2 aromatic rings. The lowest BCUT2D eigenvalue weighted by atomic mass is 10.1. The van der Waals surface area contributed by atoms with E-state index in [9.17, 15) is 0 Å². The number of aryl methyl sites for hydroxylation is 1. The van der Waals surface area contributed by atoms with Crippen LogP contribution in [-0.2, 0) is 6.42 Å². The summed E-state index contributed by atoms with van der Waals surface area (Å²) in [5.41, 5.74) is 7.12. The second-order valence-electron chi connectivity index (χ2n) is 4.18. The molecule has 5 heteroatoms. The lowest BCUT2D eigenvalue weighted by Crippen LogP contribution is -2.04. The summed E-state index contributed by atoms with van der Waals surface area (Å²) < 4.78 is 9.59. The molecule has 1 aromatic carbocycles. The van der Waals surface area contributed by atoms with E-state index in [0.717, 1.165) is 24.4 Å². The van der Waals surface area contributed by atoms with E-state index >= 15 is 0 Å². The average molecular weight is 277 g/mol. The first kappa shape index (κ1) is 13.7. The molecule has 0 saturated carbocycles. The molecule has 4 nitrogen and oxygen atoms in total. The highest BCUT2D eigenvalue weighted by Gasteiger charge is 2.11. The number of benzene rings is 1. The summed E-state index contributed by atoms with van der Waals surface area (Å²) >= 11 is 1.35. The van der Waals surface area contributed by atoms with Gasteiger partial charge in [0.2, 0.25) is 0 Å². The van der Waals surface area contributed by atoms with Crippen LogP contribution in [0.4, 0.5) is 10.8 Å². The lowest BCUT2D eigenvalue weighted by molar-refractivity contribution is 0.344. The van der Waals surface area contributed by atoms with Crippen LogP contribution in [0.1, 0.15) is 18.9 Å². The third-order valence-electron chi connectivity index (χ3n) is 2.73. The van der Waals surface area contributed by atoms with Crippen molar-refractivity contribution in [1.82, 2.24) is 4.37 Å². The van der Waals surface area contributed by atoms with Crippen molar-refractivity contribution in [2.24, 2.45) is 0 Å². The standard InChI is InChI=1S/C14H19N3OS/c1-2-18-12-13(15)17-19-14(12)16-10-6-9-11-7-4-3-5-8-11/h3-5,7-8,16H,2,6,9-10H2,1H3,(H2,15,17). The number of hydrogen-bond acceptors (Lipinski definition) is 5. The summed E-state index contributed by atoms with van der Waals surface area (Å²) in [7, 11) is 0. The Labute approximate surface area is 117 Å². The zero-order valence-corrected chi connectivity index (χ0v) is 11.9. The molecule has 0 fully saturated rings. The fourth-order valence-corrected chi connectivity index (χ4v) is 2.52. The quantitative estimate of drug-likeness (QED) is 0.763. The van der Waals surface area contributed by atoms with E-state index in [1.165, 1.54) is 17.1 Å². The minimum absolute atomic E-state index is 0.470. The molecule has 0 aliphatic heterocycles. The molecule has 0 spiro atoms. The van der Waals surface area contributed by atoms with Gasteiger partial charge in [0.1, 0.15) is 0 Å². The molecule has 0 atom stereocenters. The molecule has 0 unspecified atom stereocenters. The zero-order valence-electron chi connectivity index (χ0n) is 11.1. The first-order chi connectivity index (χ1) is 9.31. The molecule has 0 aliphatic carbocycles. The fraction of sp³-hybridized carbons (Fsp3) is 0.357. The number of aromatic nitrogens is 1. The lowest BCUT2D eigenvalue weighted by Gasteiger charge is -2.07. The van der Waals surface area contributed by atoms with E-state index in [1.54, 1.807) is 0 Å². The van der Waals surface area contributed by atoms with Gasteiger partial charge in [0.25, 0.3) is 0 Å². The van der Waals surface area contributed by atoms with Crippen molar-refractivity contribution in [2.45, 2.75) is 19.8 Å². The van der Waals surface area contributed by atoms with Crippen LogP contribution < -0.4 is 15.8 Å². The molecular weight excluding hydrogens is 258 g/mol. The maximum atomic E-state index is 5.76. The van der Waals surface area contributed by atoms with Crippen molar-refractivity contribution in [3.8, 4) is 5.75 Å². The highest BCUT2D eigenvalue weighted by molar-refractivity contribution is 7.11. The van der Waals surface area contributed by atoms with Crippen LogP contribution >= 0.6 is 11.5 Å². The van der Waals surface area contributed by atoms with Crippen molar-refractivity contribution in [3.05, 3.63) is 35.9 Å². The molecule has 19 heavy (non-hydrogen) atoms. The number of hydrogen-bond donors (Lipinski definition) is 2. The van der Waals surface area contributed by atoms with Gasteiger partial charge in [-0.3, -0.25) is 0 Å².